The topological polar surface area (TPSA) is 70.5 Å². The van der Waals surface area contributed by atoms with Crippen molar-refractivity contribution in [1.29, 1.82) is 0 Å². The van der Waals surface area contributed by atoms with Gasteiger partial charge in [-0.05, 0) is 25.3 Å². The Morgan fingerprint density at radius 1 is 1.17 bits per heavy atom. The van der Waals surface area contributed by atoms with E-state index in [2.05, 4.69) is 17.3 Å². The highest BCUT2D eigenvalue weighted by molar-refractivity contribution is 5.92. The van der Waals surface area contributed by atoms with Gasteiger partial charge in [-0.15, -0.1) is 0 Å². The van der Waals surface area contributed by atoms with Gasteiger partial charge >= 0.3 is 6.03 Å². The summed E-state index contributed by atoms with van der Waals surface area (Å²) in [5.41, 5.74) is 1.44. The molecule has 0 bridgehead atoms. The lowest BCUT2D eigenvalue weighted by Gasteiger charge is -2.27. The number of carbonyl (C=O) groups is 2. The van der Waals surface area contributed by atoms with Gasteiger partial charge in [0.05, 0.1) is 18.8 Å². The Kier molecular flexibility index (Phi) is 4.83. The number of urea groups is 1. The second-order valence-corrected chi connectivity index (χ2v) is 6.25. The Hall–Kier alpha value is -2.05. The maximum absolute atomic E-state index is 12.4. The Morgan fingerprint density at radius 3 is 2.70 bits per heavy atom. The van der Waals surface area contributed by atoms with Gasteiger partial charge in [0.2, 0.25) is 0 Å². The number of nitrogens with zero attached hydrogens (tertiary/aromatic N) is 4. The number of unbranched alkanes of at least 4 members (excludes halogenated alkanes) is 1. The van der Waals surface area contributed by atoms with Gasteiger partial charge in [0.15, 0.2) is 5.69 Å². The fourth-order valence-corrected chi connectivity index (χ4v) is 3.11. The van der Waals surface area contributed by atoms with Crippen LogP contribution >= 0.6 is 0 Å². The number of rotatable bonds is 4. The molecule has 0 unspecified atom stereocenters. The lowest BCUT2D eigenvalue weighted by molar-refractivity contribution is 0.0785. The maximum Gasteiger partial charge on any atom is 0.317 e. The first-order valence-electron chi connectivity index (χ1n) is 8.58. The summed E-state index contributed by atoms with van der Waals surface area (Å²) in [6, 6.07) is 1.81. The molecule has 3 heterocycles. The molecule has 1 saturated heterocycles. The quantitative estimate of drug-likeness (QED) is 0.854. The number of amides is 3. The molecule has 3 rings (SSSR count). The van der Waals surface area contributed by atoms with Crippen LogP contribution in [0.5, 0.6) is 0 Å². The molecule has 1 fully saturated rings. The zero-order valence-corrected chi connectivity index (χ0v) is 13.8. The summed E-state index contributed by atoms with van der Waals surface area (Å²) < 4.78 is 1.86. The molecule has 1 aromatic rings. The van der Waals surface area contributed by atoms with Crippen LogP contribution in [0.4, 0.5) is 4.79 Å². The van der Waals surface area contributed by atoms with Gasteiger partial charge in [-0.2, -0.15) is 5.10 Å². The van der Waals surface area contributed by atoms with E-state index in [1.165, 1.54) is 0 Å². The molecule has 2 aliphatic rings. The summed E-state index contributed by atoms with van der Waals surface area (Å²) in [7, 11) is 0. The molecule has 1 aromatic heterocycles. The maximum atomic E-state index is 12.4. The van der Waals surface area contributed by atoms with Gasteiger partial charge in [0.1, 0.15) is 0 Å². The van der Waals surface area contributed by atoms with Crippen LogP contribution in [0, 0.1) is 0 Å². The predicted molar refractivity (Wildman–Crippen MR) is 86.1 cm³/mol. The van der Waals surface area contributed by atoms with Gasteiger partial charge in [-0.1, -0.05) is 13.3 Å². The van der Waals surface area contributed by atoms with Crippen LogP contribution < -0.4 is 5.32 Å². The smallest absolute Gasteiger partial charge is 0.317 e. The second kappa shape index (κ2) is 7.02. The predicted octanol–water partition coefficient (Wildman–Crippen LogP) is 1.44. The fourth-order valence-electron chi connectivity index (χ4n) is 3.11. The van der Waals surface area contributed by atoms with E-state index in [4.69, 9.17) is 0 Å². The first-order valence-corrected chi connectivity index (χ1v) is 8.58. The molecule has 0 saturated carbocycles. The van der Waals surface area contributed by atoms with Gasteiger partial charge in [-0.25, -0.2) is 4.79 Å². The zero-order chi connectivity index (χ0) is 16.2. The largest absolute Gasteiger partial charge is 0.338 e. The van der Waals surface area contributed by atoms with Gasteiger partial charge in [0, 0.05) is 26.2 Å². The highest BCUT2D eigenvalue weighted by Crippen LogP contribution is 2.17. The number of hydrogen-bond acceptors (Lipinski definition) is 3. The van der Waals surface area contributed by atoms with Crippen molar-refractivity contribution < 1.29 is 9.59 Å². The van der Waals surface area contributed by atoms with E-state index >= 15 is 0 Å². The normalized spacial score (nSPS) is 17.3. The molecular formula is C16H25N5O2. The van der Waals surface area contributed by atoms with Crippen molar-refractivity contribution >= 4 is 11.9 Å². The summed E-state index contributed by atoms with van der Waals surface area (Å²) in [5, 5.41) is 7.37. The van der Waals surface area contributed by atoms with Crippen LogP contribution in [-0.4, -0.2) is 57.7 Å². The highest BCUT2D eigenvalue weighted by Gasteiger charge is 2.26. The molecule has 0 spiro atoms. The van der Waals surface area contributed by atoms with Crippen LogP contribution in [0.2, 0.25) is 0 Å². The summed E-state index contributed by atoms with van der Waals surface area (Å²) in [5.74, 6) is 0.0170. The summed E-state index contributed by atoms with van der Waals surface area (Å²) in [6.07, 6.45) is 4.21. The average molecular weight is 319 g/mol. The van der Waals surface area contributed by atoms with Crippen LogP contribution in [0.25, 0.3) is 0 Å². The minimum absolute atomic E-state index is 0.0170. The summed E-state index contributed by atoms with van der Waals surface area (Å²) >= 11 is 0. The molecule has 0 atom stereocenters. The van der Waals surface area contributed by atoms with E-state index in [1.807, 2.05) is 15.6 Å². The van der Waals surface area contributed by atoms with E-state index in [0.29, 0.717) is 31.9 Å². The van der Waals surface area contributed by atoms with Crippen molar-refractivity contribution in [2.24, 2.45) is 0 Å². The number of fused-ring (bicyclic) bond motifs is 1. The number of carbonyl (C=O) groups excluding carboxylic acids is 2. The summed E-state index contributed by atoms with van der Waals surface area (Å²) in [6.45, 7) is 6.25. The third-order valence-electron chi connectivity index (χ3n) is 4.50. The molecule has 7 nitrogen and oxygen atoms in total. The molecule has 0 aliphatic carbocycles. The van der Waals surface area contributed by atoms with Crippen molar-refractivity contribution in [3.63, 3.8) is 0 Å². The average Bonchev–Trinajstić information content (AvgIpc) is 3.23. The third kappa shape index (κ3) is 3.48. The van der Waals surface area contributed by atoms with Crippen LogP contribution in [-0.2, 0) is 13.1 Å². The van der Waals surface area contributed by atoms with E-state index < -0.39 is 0 Å². The molecule has 2 aliphatic heterocycles. The van der Waals surface area contributed by atoms with Crippen molar-refractivity contribution in [2.45, 2.75) is 45.7 Å². The Bertz CT molecular complexity index is 577. The van der Waals surface area contributed by atoms with Crippen molar-refractivity contribution in [3.8, 4) is 0 Å². The highest BCUT2D eigenvalue weighted by atomic mass is 16.2. The lowest BCUT2D eigenvalue weighted by atomic mass is 10.2. The van der Waals surface area contributed by atoms with E-state index in [1.54, 1.807) is 4.90 Å². The molecule has 23 heavy (non-hydrogen) atoms. The van der Waals surface area contributed by atoms with Crippen molar-refractivity contribution in [3.05, 3.63) is 17.5 Å². The SMILES string of the molecule is CCCCNC(=O)N1CCn2nc(C(=O)N3CCCC3)cc2C1. The third-order valence-corrected chi connectivity index (χ3v) is 4.50. The molecule has 0 radical (unpaired) electrons. The first-order chi connectivity index (χ1) is 11.2. The Balaban J connectivity index is 1.62. The van der Waals surface area contributed by atoms with Gasteiger partial charge < -0.3 is 15.1 Å². The monoisotopic (exact) mass is 319 g/mol. The number of hydrogen-bond donors (Lipinski definition) is 1. The van der Waals surface area contributed by atoms with Crippen LogP contribution in [0.3, 0.4) is 0 Å². The van der Waals surface area contributed by atoms with E-state index in [0.717, 1.165) is 44.5 Å². The van der Waals surface area contributed by atoms with Gasteiger partial charge in [0.25, 0.3) is 5.91 Å². The van der Waals surface area contributed by atoms with Crippen LogP contribution in [0.15, 0.2) is 6.07 Å². The molecule has 126 valence electrons. The number of likely N-dealkylation sites (tertiary alicyclic amines) is 1. The first kappa shape index (κ1) is 15.8. The fraction of sp³-hybridized carbons (Fsp3) is 0.688. The van der Waals surface area contributed by atoms with E-state index in [-0.39, 0.29) is 11.9 Å². The standard InChI is InChI=1S/C16H25N5O2/c1-2-3-6-17-16(23)20-9-10-21-13(12-20)11-14(18-21)15(22)19-7-4-5-8-19/h11H,2-10,12H2,1H3,(H,17,23). The zero-order valence-electron chi connectivity index (χ0n) is 13.8. The number of aromatic nitrogens is 2. The van der Waals surface area contributed by atoms with Gasteiger partial charge in [-0.3, -0.25) is 9.48 Å². The second-order valence-electron chi connectivity index (χ2n) is 6.25. The van der Waals surface area contributed by atoms with E-state index in [9.17, 15) is 9.59 Å². The minimum Gasteiger partial charge on any atom is -0.338 e. The van der Waals surface area contributed by atoms with Crippen molar-refractivity contribution in [2.75, 3.05) is 26.2 Å². The lowest BCUT2D eigenvalue weighted by Crippen LogP contribution is -2.44. The Morgan fingerprint density at radius 2 is 1.96 bits per heavy atom. The Labute approximate surface area is 136 Å². The minimum atomic E-state index is -0.0293. The molecule has 1 N–H and O–H groups in total. The number of nitrogens with one attached hydrogen (secondary N) is 1. The van der Waals surface area contributed by atoms with Crippen LogP contribution in [0.1, 0.15) is 48.8 Å². The molecular weight excluding hydrogens is 294 g/mol. The molecule has 3 amide bonds. The summed E-state index contributed by atoms with van der Waals surface area (Å²) in [4.78, 5) is 28.2. The molecule has 7 heteroatoms. The molecule has 0 aromatic carbocycles. The van der Waals surface area contributed by atoms with Crippen molar-refractivity contribution in [1.82, 2.24) is 24.9 Å².